The summed E-state index contributed by atoms with van der Waals surface area (Å²) in [5.41, 5.74) is 0. The highest BCUT2D eigenvalue weighted by Gasteiger charge is 2.24. The normalized spacial score (nSPS) is 24.6. The molecular weight excluding hydrogens is 242 g/mol. The van der Waals surface area contributed by atoms with Gasteiger partial charge in [-0.15, -0.1) is 0 Å². The lowest BCUT2D eigenvalue weighted by atomic mass is 10.1. The maximum absolute atomic E-state index is 4.66. The number of aliphatic imine (C=N–C) groups is 1. The Morgan fingerprint density at radius 1 is 1.39 bits per heavy atom. The topological polar surface area (TPSA) is 36.4 Å². The molecular formula is C14H29N3S. The number of nitrogens with zero attached hydrogens (tertiary/aromatic N) is 1. The van der Waals surface area contributed by atoms with Gasteiger partial charge in [0, 0.05) is 24.4 Å². The van der Waals surface area contributed by atoms with Gasteiger partial charge in [-0.1, -0.05) is 13.8 Å². The molecule has 18 heavy (non-hydrogen) atoms. The van der Waals surface area contributed by atoms with E-state index >= 15 is 0 Å². The molecule has 0 aromatic heterocycles. The molecule has 2 unspecified atom stereocenters. The first-order valence-electron chi connectivity index (χ1n) is 7.23. The van der Waals surface area contributed by atoms with Crippen LogP contribution in [0.5, 0.6) is 0 Å². The van der Waals surface area contributed by atoms with Crippen molar-refractivity contribution >= 4 is 17.7 Å². The Morgan fingerprint density at radius 2 is 2.17 bits per heavy atom. The van der Waals surface area contributed by atoms with E-state index < -0.39 is 0 Å². The number of hydrogen-bond donors (Lipinski definition) is 2. The van der Waals surface area contributed by atoms with E-state index in [4.69, 9.17) is 0 Å². The molecule has 4 heteroatoms. The van der Waals surface area contributed by atoms with Crippen LogP contribution < -0.4 is 10.6 Å². The molecule has 1 fully saturated rings. The van der Waals surface area contributed by atoms with Crippen molar-refractivity contribution in [2.24, 2.45) is 10.9 Å². The summed E-state index contributed by atoms with van der Waals surface area (Å²) in [4.78, 5) is 4.66. The van der Waals surface area contributed by atoms with Crippen molar-refractivity contribution in [3.8, 4) is 0 Å². The first-order chi connectivity index (χ1) is 8.65. The third kappa shape index (κ3) is 5.98. The number of guanidine groups is 1. The standard InChI is InChI=1S/C14H29N3S/c1-5-15-14(16-9-8-11(2)3)17-12-6-7-13(10-12)18-4/h11-13H,5-10H2,1-4H3,(H2,15,16,17). The van der Waals surface area contributed by atoms with Crippen LogP contribution >= 0.6 is 11.8 Å². The quantitative estimate of drug-likeness (QED) is 0.576. The van der Waals surface area contributed by atoms with Gasteiger partial charge in [-0.2, -0.15) is 11.8 Å². The molecule has 0 amide bonds. The molecule has 2 N–H and O–H groups in total. The monoisotopic (exact) mass is 271 g/mol. The largest absolute Gasteiger partial charge is 0.357 e. The van der Waals surface area contributed by atoms with E-state index in [-0.39, 0.29) is 0 Å². The second-order valence-electron chi connectivity index (χ2n) is 5.46. The van der Waals surface area contributed by atoms with Crippen molar-refractivity contribution < 1.29 is 0 Å². The lowest BCUT2D eigenvalue weighted by Crippen LogP contribution is -2.42. The summed E-state index contributed by atoms with van der Waals surface area (Å²) < 4.78 is 0. The summed E-state index contributed by atoms with van der Waals surface area (Å²) in [7, 11) is 0. The van der Waals surface area contributed by atoms with Gasteiger partial charge in [-0.05, 0) is 44.8 Å². The minimum atomic E-state index is 0.610. The van der Waals surface area contributed by atoms with E-state index in [0.717, 1.165) is 36.6 Å². The fourth-order valence-electron chi connectivity index (χ4n) is 2.23. The molecule has 3 nitrogen and oxygen atoms in total. The van der Waals surface area contributed by atoms with Crippen LogP contribution in [0.15, 0.2) is 4.99 Å². The first kappa shape index (κ1) is 15.7. The maximum atomic E-state index is 4.66. The lowest BCUT2D eigenvalue weighted by molar-refractivity contribution is 0.585. The minimum Gasteiger partial charge on any atom is -0.357 e. The molecule has 0 radical (unpaired) electrons. The Balaban J connectivity index is 2.37. The highest BCUT2D eigenvalue weighted by molar-refractivity contribution is 7.99. The molecule has 0 spiro atoms. The van der Waals surface area contributed by atoms with Crippen molar-refractivity contribution in [1.29, 1.82) is 0 Å². The van der Waals surface area contributed by atoms with Crippen molar-refractivity contribution in [2.75, 3.05) is 19.3 Å². The Bertz CT molecular complexity index is 253. The Labute approximate surface area is 117 Å². The van der Waals surface area contributed by atoms with Crippen LogP contribution in [0.3, 0.4) is 0 Å². The predicted octanol–water partition coefficient (Wildman–Crippen LogP) is 2.87. The van der Waals surface area contributed by atoms with E-state index in [1.165, 1.54) is 19.3 Å². The van der Waals surface area contributed by atoms with Gasteiger partial charge in [0.15, 0.2) is 5.96 Å². The van der Waals surface area contributed by atoms with Gasteiger partial charge in [0.2, 0.25) is 0 Å². The molecule has 2 atom stereocenters. The van der Waals surface area contributed by atoms with Crippen molar-refractivity contribution in [2.45, 2.75) is 57.7 Å². The summed E-state index contributed by atoms with van der Waals surface area (Å²) in [6.45, 7) is 8.47. The van der Waals surface area contributed by atoms with Crippen LogP contribution in [0.2, 0.25) is 0 Å². The highest BCUT2D eigenvalue weighted by atomic mass is 32.2. The molecule has 0 heterocycles. The fourth-order valence-corrected chi connectivity index (χ4v) is 3.03. The Hall–Kier alpha value is -0.380. The predicted molar refractivity (Wildman–Crippen MR) is 83.5 cm³/mol. The molecule has 0 aliphatic heterocycles. The average molecular weight is 271 g/mol. The van der Waals surface area contributed by atoms with Crippen molar-refractivity contribution in [3.63, 3.8) is 0 Å². The SMILES string of the molecule is CCNC(=NCCC(C)C)NC1CCC(SC)C1. The number of thioether (sulfide) groups is 1. The molecule has 0 aromatic rings. The van der Waals surface area contributed by atoms with Gasteiger partial charge >= 0.3 is 0 Å². The summed E-state index contributed by atoms with van der Waals surface area (Å²) in [6, 6.07) is 0.610. The van der Waals surface area contributed by atoms with Gasteiger partial charge < -0.3 is 10.6 Å². The maximum Gasteiger partial charge on any atom is 0.191 e. The Kier molecular flexibility index (Phi) is 7.56. The second kappa shape index (κ2) is 8.68. The lowest BCUT2D eigenvalue weighted by Gasteiger charge is -2.17. The number of rotatable bonds is 6. The third-order valence-corrected chi connectivity index (χ3v) is 4.47. The summed E-state index contributed by atoms with van der Waals surface area (Å²) in [6.07, 6.45) is 7.27. The van der Waals surface area contributed by atoms with Gasteiger partial charge in [0.25, 0.3) is 0 Å². The van der Waals surface area contributed by atoms with Crippen LogP contribution in [0.4, 0.5) is 0 Å². The van der Waals surface area contributed by atoms with Crippen molar-refractivity contribution in [1.82, 2.24) is 10.6 Å². The molecule has 1 saturated carbocycles. The van der Waals surface area contributed by atoms with E-state index in [2.05, 4.69) is 42.7 Å². The van der Waals surface area contributed by atoms with E-state index in [1.807, 2.05) is 11.8 Å². The van der Waals surface area contributed by atoms with Gasteiger partial charge in [0.1, 0.15) is 0 Å². The second-order valence-corrected chi connectivity index (χ2v) is 6.59. The zero-order chi connectivity index (χ0) is 13.4. The van der Waals surface area contributed by atoms with Crippen molar-refractivity contribution in [3.05, 3.63) is 0 Å². The molecule has 0 saturated heterocycles. The molecule has 1 aliphatic carbocycles. The van der Waals surface area contributed by atoms with Gasteiger partial charge in [0.05, 0.1) is 0 Å². The first-order valence-corrected chi connectivity index (χ1v) is 8.52. The Morgan fingerprint density at radius 3 is 2.72 bits per heavy atom. The molecule has 106 valence electrons. The van der Waals surface area contributed by atoms with E-state index in [1.54, 1.807) is 0 Å². The van der Waals surface area contributed by atoms with Gasteiger partial charge in [-0.25, -0.2) is 0 Å². The van der Waals surface area contributed by atoms with Gasteiger partial charge in [-0.3, -0.25) is 4.99 Å². The van der Waals surface area contributed by atoms with Crippen LogP contribution in [0, 0.1) is 5.92 Å². The summed E-state index contributed by atoms with van der Waals surface area (Å²) in [5.74, 6) is 1.73. The van der Waals surface area contributed by atoms with Crippen LogP contribution in [-0.2, 0) is 0 Å². The van der Waals surface area contributed by atoms with Crippen LogP contribution in [0.1, 0.15) is 46.5 Å². The molecule has 1 rings (SSSR count). The zero-order valence-corrected chi connectivity index (χ0v) is 13.1. The number of hydrogen-bond acceptors (Lipinski definition) is 2. The zero-order valence-electron chi connectivity index (χ0n) is 12.3. The number of nitrogens with one attached hydrogen (secondary N) is 2. The minimum absolute atomic E-state index is 0.610. The smallest absolute Gasteiger partial charge is 0.191 e. The average Bonchev–Trinajstić information content (AvgIpc) is 2.76. The van der Waals surface area contributed by atoms with Crippen LogP contribution in [0.25, 0.3) is 0 Å². The highest BCUT2D eigenvalue weighted by Crippen LogP contribution is 2.27. The fraction of sp³-hybridized carbons (Fsp3) is 0.929. The summed E-state index contributed by atoms with van der Waals surface area (Å²) >= 11 is 2.00. The molecule has 0 bridgehead atoms. The summed E-state index contributed by atoms with van der Waals surface area (Å²) in [5, 5.41) is 7.76. The van der Waals surface area contributed by atoms with E-state index in [9.17, 15) is 0 Å². The van der Waals surface area contributed by atoms with E-state index in [0.29, 0.717) is 6.04 Å². The van der Waals surface area contributed by atoms with Crippen LogP contribution in [-0.4, -0.2) is 36.6 Å². The third-order valence-electron chi connectivity index (χ3n) is 3.38. The molecule has 1 aliphatic rings. The molecule has 0 aromatic carbocycles.